The molecule has 1 unspecified atom stereocenters. The first-order valence-electron chi connectivity index (χ1n) is 13.7. The molecule has 0 radical (unpaired) electrons. The Morgan fingerprint density at radius 2 is 1.72 bits per heavy atom. The molecule has 0 spiro atoms. The molecule has 5 N–H and O–H groups in total. The molecule has 0 bridgehead atoms. The number of ether oxygens (including phenoxy) is 1. The van der Waals surface area contributed by atoms with Crippen LogP contribution in [0, 0.1) is 5.41 Å². The number of aliphatic carboxylic acids is 2. The summed E-state index contributed by atoms with van der Waals surface area (Å²) in [6.45, 7) is 4.06. The van der Waals surface area contributed by atoms with Gasteiger partial charge in [0.15, 0.2) is 15.7 Å². The first-order chi connectivity index (χ1) is 20.2. The molecular weight excluding hydrogens is 578 g/mol. The third kappa shape index (κ3) is 7.03. The van der Waals surface area contributed by atoms with Gasteiger partial charge in [-0.05, 0) is 56.9 Å². The Bertz CT molecular complexity index is 1560. The number of nitrogens with two attached hydrogens (primary N) is 1. The second kappa shape index (κ2) is 12.5. The minimum atomic E-state index is -3.34. The van der Waals surface area contributed by atoms with Gasteiger partial charge < -0.3 is 30.9 Å². The Morgan fingerprint density at radius 3 is 2.23 bits per heavy atom. The number of anilines is 2. The van der Waals surface area contributed by atoms with E-state index >= 15 is 0 Å². The van der Waals surface area contributed by atoms with Gasteiger partial charge in [0.25, 0.3) is 0 Å². The van der Waals surface area contributed by atoms with Gasteiger partial charge in [0.05, 0.1) is 24.3 Å². The summed E-state index contributed by atoms with van der Waals surface area (Å²) < 4.78 is 29.8. The average molecular weight is 614 g/mol. The summed E-state index contributed by atoms with van der Waals surface area (Å²) in [7, 11) is -3.34. The average Bonchev–Trinajstić information content (AvgIpc) is 2.92. The van der Waals surface area contributed by atoms with Gasteiger partial charge in [0, 0.05) is 42.2 Å². The lowest BCUT2D eigenvalue weighted by molar-refractivity contribution is -0.145. The Morgan fingerprint density at radius 1 is 1.07 bits per heavy atom. The van der Waals surface area contributed by atoms with Gasteiger partial charge in [0.2, 0.25) is 0 Å². The number of urea groups is 1. The van der Waals surface area contributed by atoms with Crippen molar-refractivity contribution in [3.8, 4) is 11.4 Å². The van der Waals surface area contributed by atoms with Crippen LogP contribution in [0.3, 0.4) is 0 Å². The number of benzene rings is 1. The molecule has 14 heteroatoms. The Balaban J connectivity index is 0.000000273. The number of nitrogens with zero attached hydrogens (tertiary/aromatic N) is 3. The molecule has 2 heterocycles. The van der Waals surface area contributed by atoms with Crippen LogP contribution in [0.1, 0.15) is 38.3 Å². The van der Waals surface area contributed by atoms with Gasteiger partial charge >= 0.3 is 18.0 Å². The number of carbonyl (C=O) groups is 3. The monoisotopic (exact) mass is 613 g/mol. The third-order valence-electron chi connectivity index (χ3n) is 7.88. The Hall–Kier alpha value is -4.30. The van der Waals surface area contributed by atoms with Crippen LogP contribution in [0.25, 0.3) is 11.4 Å². The van der Waals surface area contributed by atoms with Crippen LogP contribution in [0.2, 0.25) is 0 Å². The summed E-state index contributed by atoms with van der Waals surface area (Å²) in [6, 6.07) is 8.15. The molecule has 1 aromatic carbocycles. The van der Waals surface area contributed by atoms with Gasteiger partial charge in [-0.2, -0.15) is 0 Å². The topological polar surface area (TPSA) is 202 Å². The van der Waals surface area contributed by atoms with E-state index in [2.05, 4.69) is 15.2 Å². The smallest absolute Gasteiger partial charge is 0.331 e. The summed E-state index contributed by atoms with van der Waals surface area (Å²) >= 11 is 0. The number of morpholine rings is 1. The summed E-state index contributed by atoms with van der Waals surface area (Å²) in [6.07, 6.45) is 7.70. The molecule has 2 fully saturated rings. The number of nitrogens with one attached hydrogen (secondary N) is 1. The predicted molar refractivity (Wildman–Crippen MR) is 159 cm³/mol. The summed E-state index contributed by atoms with van der Waals surface area (Å²) in [5, 5.41) is 20.0. The Labute approximate surface area is 249 Å². The van der Waals surface area contributed by atoms with Crippen molar-refractivity contribution in [2.75, 3.05) is 42.8 Å². The van der Waals surface area contributed by atoms with E-state index in [1.165, 1.54) is 31.4 Å². The lowest BCUT2D eigenvalue weighted by Crippen LogP contribution is -2.43. The van der Waals surface area contributed by atoms with Crippen molar-refractivity contribution in [3.63, 3.8) is 0 Å². The third-order valence-corrected chi connectivity index (χ3v) is 9.92. The zero-order valence-electron chi connectivity index (χ0n) is 23.9. The summed E-state index contributed by atoms with van der Waals surface area (Å²) in [5.74, 6) is -0.908. The van der Waals surface area contributed by atoms with Crippen LogP contribution in [-0.2, 0) is 28.9 Å². The van der Waals surface area contributed by atoms with E-state index in [1.54, 1.807) is 24.3 Å². The molecular formula is C29H35N5O8S. The molecule has 2 aliphatic carbocycles. The number of hydrogen-bond acceptors (Lipinski definition) is 9. The zero-order chi connectivity index (χ0) is 31.4. The molecule has 3 aliphatic rings. The van der Waals surface area contributed by atoms with Crippen LogP contribution >= 0.6 is 0 Å². The fraction of sp³-hybridized carbons (Fsp3) is 0.414. The summed E-state index contributed by atoms with van der Waals surface area (Å²) in [5.41, 5.74) is 6.04. The van der Waals surface area contributed by atoms with Crippen molar-refractivity contribution in [1.29, 1.82) is 0 Å². The molecule has 1 aliphatic heterocycles. The van der Waals surface area contributed by atoms with E-state index in [-0.39, 0.29) is 12.0 Å². The van der Waals surface area contributed by atoms with E-state index in [4.69, 9.17) is 25.7 Å². The van der Waals surface area contributed by atoms with E-state index in [9.17, 15) is 22.8 Å². The van der Waals surface area contributed by atoms with E-state index in [0.29, 0.717) is 62.2 Å². The number of rotatable bonds is 7. The molecule has 5 rings (SSSR count). The van der Waals surface area contributed by atoms with Crippen LogP contribution in [0.15, 0.2) is 54.1 Å². The van der Waals surface area contributed by atoms with Crippen LogP contribution in [0.4, 0.5) is 16.3 Å². The van der Waals surface area contributed by atoms with Gasteiger partial charge in [-0.15, -0.1) is 0 Å². The fourth-order valence-corrected chi connectivity index (χ4v) is 6.61. The van der Waals surface area contributed by atoms with Crippen molar-refractivity contribution in [2.24, 2.45) is 11.1 Å². The number of amides is 2. The minimum Gasteiger partial charge on any atom is -0.481 e. The Kier molecular flexibility index (Phi) is 9.21. The molecule has 1 atom stereocenters. The first-order valence-corrected chi connectivity index (χ1v) is 15.6. The maximum absolute atomic E-state index is 12.7. The van der Waals surface area contributed by atoms with Crippen molar-refractivity contribution in [1.82, 2.24) is 9.97 Å². The molecule has 230 valence electrons. The number of carboxylic acids is 2. The molecule has 2 aromatic rings. The quantitative estimate of drug-likeness (QED) is 0.357. The summed E-state index contributed by atoms with van der Waals surface area (Å²) in [4.78, 5) is 43.9. The van der Waals surface area contributed by atoms with Crippen LogP contribution in [0.5, 0.6) is 0 Å². The maximum Gasteiger partial charge on any atom is 0.331 e. The predicted octanol–water partition coefficient (Wildman–Crippen LogP) is 2.94. The SMILES string of the molecule is CC1(C(=O)O)C=CC=C(C(=O)O)C1.CS(=O)(=O)C1(c2cc(N3CCOCC3)nc(-c3ccc(NC(N)=O)cc3)n2)CCC1. The van der Waals surface area contributed by atoms with Gasteiger partial charge in [-0.25, -0.2) is 28.0 Å². The maximum atomic E-state index is 12.7. The molecule has 2 amide bonds. The van der Waals surface area contributed by atoms with Gasteiger partial charge in [-0.1, -0.05) is 18.2 Å². The highest BCUT2D eigenvalue weighted by atomic mass is 32.2. The largest absolute Gasteiger partial charge is 0.481 e. The highest BCUT2D eigenvalue weighted by Crippen LogP contribution is 2.48. The van der Waals surface area contributed by atoms with Gasteiger partial charge in [0.1, 0.15) is 10.6 Å². The molecule has 43 heavy (non-hydrogen) atoms. The number of aromatic nitrogens is 2. The zero-order valence-corrected chi connectivity index (χ0v) is 24.8. The number of hydrogen-bond donors (Lipinski definition) is 4. The standard InChI is InChI=1S/C20H25N5O4S.C9H10O4/c1-30(27,28)20(7-2-8-20)16-13-17(25-9-11-29-12-10-25)24-18(23-16)14-3-5-15(6-4-14)22-19(21)26;1-9(8(12)13)4-2-3-6(5-9)7(10)11/h3-6,13H,2,7-12H2,1H3,(H3,21,22,26);2-4H,5H2,1H3,(H,10,11)(H,12,13). The second-order valence-electron chi connectivity index (χ2n) is 11.0. The normalized spacial score (nSPS) is 21.0. The number of allylic oxidation sites excluding steroid dienone is 2. The lowest BCUT2D eigenvalue weighted by atomic mass is 9.80. The van der Waals surface area contributed by atoms with Crippen molar-refractivity contribution in [2.45, 2.75) is 37.4 Å². The molecule has 1 saturated heterocycles. The molecule has 1 saturated carbocycles. The molecule has 1 aromatic heterocycles. The van der Waals surface area contributed by atoms with Crippen LogP contribution < -0.4 is 16.0 Å². The molecule has 13 nitrogen and oxygen atoms in total. The van der Waals surface area contributed by atoms with E-state index in [0.717, 1.165) is 12.0 Å². The highest BCUT2D eigenvalue weighted by molar-refractivity contribution is 7.91. The van der Waals surface area contributed by atoms with E-state index in [1.807, 2.05) is 6.07 Å². The second-order valence-corrected chi connectivity index (χ2v) is 13.3. The number of carboxylic acid groups (broad SMARTS) is 2. The first kappa shape index (κ1) is 31.6. The number of carbonyl (C=O) groups excluding carboxylic acids is 1. The van der Waals surface area contributed by atoms with Crippen LogP contribution in [-0.4, -0.2) is 79.1 Å². The van der Waals surface area contributed by atoms with Crippen molar-refractivity contribution < 1.29 is 37.8 Å². The number of primary amides is 1. The number of sulfone groups is 1. The highest BCUT2D eigenvalue weighted by Gasteiger charge is 2.49. The van der Waals surface area contributed by atoms with Crippen molar-refractivity contribution in [3.05, 3.63) is 59.8 Å². The van der Waals surface area contributed by atoms with Crippen molar-refractivity contribution >= 4 is 39.3 Å². The minimum absolute atomic E-state index is 0.0359. The lowest BCUT2D eigenvalue weighted by Gasteiger charge is -2.40. The van der Waals surface area contributed by atoms with E-state index < -0.39 is 38.0 Å². The fourth-order valence-electron chi connectivity index (χ4n) is 5.09. The van der Waals surface area contributed by atoms with Gasteiger partial charge in [-0.3, -0.25) is 4.79 Å².